The zero-order valence-electron chi connectivity index (χ0n) is 24.6. The van der Waals surface area contributed by atoms with E-state index in [0.29, 0.717) is 7.48 Å². The molecule has 36 heavy (non-hydrogen) atoms. The van der Waals surface area contributed by atoms with E-state index in [1.165, 1.54) is 16.7 Å². The van der Waals surface area contributed by atoms with E-state index in [4.69, 9.17) is 9.39 Å². The van der Waals surface area contributed by atoms with Crippen molar-refractivity contribution in [2.24, 2.45) is 5.41 Å². The van der Waals surface area contributed by atoms with Crippen LogP contribution in [0.5, 0.6) is 5.75 Å². The van der Waals surface area contributed by atoms with Crippen LogP contribution in [0.2, 0.25) is 0 Å². The molecule has 0 radical (unpaired) electrons. The number of ether oxygens (including phenoxy) is 1. The maximum atomic E-state index is 10.4. The Balaban J connectivity index is 2.32. The van der Waals surface area contributed by atoms with Gasteiger partial charge in [0.15, 0.2) is 0 Å². The van der Waals surface area contributed by atoms with Crippen molar-refractivity contribution < 1.29 is 19.6 Å². The number of hydrogen-bond acceptors (Lipinski definition) is 4. The molecule has 2 aromatic carbocycles. The molecule has 1 unspecified atom stereocenters. The first-order chi connectivity index (χ1) is 16.5. The van der Waals surface area contributed by atoms with Crippen LogP contribution in [0, 0.1) is 19.3 Å². The summed E-state index contributed by atoms with van der Waals surface area (Å²) in [6.07, 6.45) is 1.43. The fourth-order valence-corrected chi connectivity index (χ4v) is 4.35. The van der Waals surface area contributed by atoms with Gasteiger partial charge in [-0.3, -0.25) is 0 Å². The number of benzene rings is 2. The smallest absolute Gasteiger partial charge is 0.309 e. The van der Waals surface area contributed by atoms with Crippen LogP contribution >= 0.6 is 0 Å². The molecule has 0 fully saturated rings. The molecular weight excluding hydrogens is 447 g/mol. The summed E-state index contributed by atoms with van der Waals surface area (Å²) in [5.41, 5.74) is 4.07. The minimum absolute atomic E-state index is 0.106. The van der Waals surface area contributed by atoms with Gasteiger partial charge < -0.3 is 19.6 Å². The molecule has 0 aliphatic rings. The molecule has 200 valence electrons. The first kappa shape index (κ1) is 30.4. The monoisotopic (exact) mass is 496 g/mol. The maximum absolute atomic E-state index is 10.4. The van der Waals surface area contributed by atoms with E-state index >= 15 is 0 Å². The van der Waals surface area contributed by atoms with Crippen molar-refractivity contribution >= 4 is 12.9 Å². The fraction of sp³-hybridized carbons (Fsp3) is 0.613. The Labute approximate surface area is 220 Å². The van der Waals surface area contributed by atoms with Gasteiger partial charge in [0.1, 0.15) is 12.4 Å². The predicted octanol–water partition coefficient (Wildman–Crippen LogP) is 5.74. The van der Waals surface area contributed by atoms with Gasteiger partial charge >= 0.3 is 7.48 Å². The van der Waals surface area contributed by atoms with Gasteiger partial charge in [-0.05, 0) is 88.0 Å². The maximum Gasteiger partial charge on any atom is 0.309 e. The van der Waals surface area contributed by atoms with Crippen molar-refractivity contribution in [1.82, 2.24) is 0 Å². The van der Waals surface area contributed by atoms with Crippen molar-refractivity contribution in [2.45, 2.75) is 112 Å². The molecule has 0 heterocycles. The van der Waals surface area contributed by atoms with E-state index < -0.39 is 17.3 Å². The standard InChI is InChI=1S/C31H49BO4/c1-12-31(13-2,24-15-17-26(22(4)19-24)35-20-27(33)28(5,6)7)23-14-16-25(21(3)18-23)32-36-30(10,11)29(8,9)34/h14-19,27,32-34H,12-13,20H2,1-11H3. The van der Waals surface area contributed by atoms with Crippen LogP contribution in [-0.2, 0) is 10.1 Å². The van der Waals surface area contributed by atoms with Crippen molar-refractivity contribution in [1.29, 1.82) is 0 Å². The summed E-state index contributed by atoms with van der Waals surface area (Å²) in [4.78, 5) is 0. The summed E-state index contributed by atoms with van der Waals surface area (Å²) in [6, 6.07) is 13.2. The molecular formula is C31H49BO4. The van der Waals surface area contributed by atoms with Gasteiger partial charge in [0.25, 0.3) is 0 Å². The number of aliphatic hydroxyl groups excluding tert-OH is 1. The third-order valence-corrected chi connectivity index (χ3v) is 8.29. The molecule has 2 rings (SSSR count). The van der Waals surface area contributed by atoms with Crippen LogP contribution in [0.4, 0.5) is 0 Å². The largest absolute Gasteiger partial charge is 0.491 e. The topological polar surface area (TPSA) is 58.9 Å². The molecule has 5 heteroatoms. The zero-order chi connectivity index (χ0) is 27.5. The van der Waals surface area contributed by atoms with Gasteiger partial charge in [-0.15, -0.1) is 0 Å². The molecule has 0 aliphatic heterocycles. The second-order valence-electron chi connectivity index (χ2n) is 12.5. The highest BCUT2D eigenvalue weighted by Gasteiger charge is 2.36. The van der Waals surface area contributed by atoms with Crippen LogP contribution in [0.25, 0.3) is 0 Å². The summed E-state index contributed by atoms with van der Waals surface area (Å²) >= 11 is 0. The van der Waals surface area contributed by atoms with Crippen LogP contribution in [0.3, 0.4) is 0 Å². The van der Waals surface area contributed by atoms with E-state index in [2.05, 4.69) is 58.0 Å². The van der Waals surface area contributed by atoms with Crippen LogP contribution in [-0.4, -0.2) is 41.6 Å². The van der Waals surface area contributed by atoms with Gasteiger partial charge in [-0.25, -0.2) is 0 Å². The first-order valence-corrected chi connectivity index (χ1v) is 13.4. The van der Waals surface area contributed by atoms with Gasteiger partial charge in [-0.2, -0.15) is 0 Å². The second-order valence-corrected chi connectivity index (χ2v) is 12.5. The highest BCUT2D eigenvalue weighted by Crippen LogP contribution is 2.40. The second kappa shape index (κ2) is 11.3. The Morgan fingerprint density at radius 2 is 1.36 bits per heavy atom. The van der Waals surface area contributed by atoms with Crippen molar-refractivity contribution in [3.8, 4) is 5.75 Å². The van der Waals surface area contributed by atoms with Gasteiger partial charge in [-0.1, -0.05) is 70.5 Å². The van der Waals surface area contributed by atoms with E-state index in [0.717, 1.165) is 29.6 Å². The molecule has 0 spiro atoms. The molecule has 0 saturated heterocycles. The minimum atomic E-state index is -0.932. The third kappa shape index (κ3) is 6.73. The SMILES string of the molecule is CCC(CC)(c1ccc(BOC(C)(C)C(C)(C)O)c(C)c1)c1ccc(OCC(O)C(C)(C)C)c(C)c1. The molecule has 0 bridgehead atoms. The average molecular weight is 497 g/mol. The van der Waals surface area contributed by atoms with Crippen LogP contribution in [0.15, 0.2) is 36.4 Å². The molecule has 0 aromatic heterocycles. The number of aryl methyl sites for hydroxylation is 2. The third-order valence-electron chi connectivity index (χ3n) is 8.29. The molecule has 2 N–H and O–H groups in total. The van der Waals surface area contributed by atoms with E-state index in [-0.39, 0.29) is 17.4 Å². The molecule has 1 atom stereocenters. The molecule has 0 saturated carbocycles. The lowest BCUT2D eigenvalue weighted by Crippen LogP contribution is -2.49. The Hall–Kier alpha value is -1.82. The van der Waals surface area contributed by atoms with Gasteiger partial charge in [0, 0.05) is 5.41 Å². The Kier molecular flexibility index (Phi) is 9.53. The lowest BCUT2D eigenvalue weighted by Gasteiger charge is -2.38. The predicted molar refractivity (Wildman–Crippen MR) is 153 cm³/mol. The fourth-order valence-electron chi connectivity index (χ4n) is 4.35. The Morgan fingerprint density at radius 1 is 0.833 bits per heavy atom. The zero-order valence-corrected chi connectivity index (χ0v) is 24.6. The van der Waals surface area contributed by atoms with E-state index in [1.54, 1.807) is 13.8 Å². The molecule has 0 aliphatic carbocycles. The highest BCUT2D eigenvalue weighted by atomic mass is 16.5. The quantitative estimate of drug-likeness (QED) is 0.390. The number of rotatable bonds is 11. The van der Waals surface area contributed by atoms with Crippen LogP contribution < -0.4 is 10.2 Å². The molecule has 4 nitrogen and oxygen atoms in total. The van der Waals surface area contributed by atoms with Crippen LogP contribution in [0.1, 0.15) is 97.4 Å². The summed E-state index contributed by atoms with van der Waals surface area (Å²) in [5.74, 6) is 0.821. The average Bonchev–Trinajstić information content (AvgIpc) is 2.77. The summed E-state index contributed by atoms with van der Waals surface area (Å²) < 4.78 is 12.1. The number of hydrogen-bond donors (Lipinski definition) is 2. The summed E-state index contributed by atoms with van der Waals surface area (Å²) in [5, 5.41) is 20.8. The normalized spacial score (nSPS) is 14.0. The van der Waals surface area contributed by atoms with Crippen molar-refractivity contribution in [3.05, 3.63) is 58.7 Å². The lowest BCUT2D eigenvalue weighted by atomic mass is 9.69. The lowest BCUT2D eigenvalue weighted by molar-refractivity contribution is -0.0893. The summed E-state index contributed by atoms with van der Waals surface area (Å²) in [7, 11) is 0.458. The highest BCUT2D eigenvalue weighted by molar-refractivity contribution is 6.47. The molecule has 0 amide bonds. The number of aliphatic hydroxyl groups is 2. The van der Waals surface area contributed by atoms with E-state index in [1.807, 2.05) is 40.7 Å². The molecule has 2 aromatic rings. The van der Waals surface area contributed by atoms with Gasteiger partial charge in [0.05, 0.1) is 17.3 Å². The summed E-state index contributed by atoms with van der Waals surface area (Å²) in [6.45, 7) is 22.5. The minimum Gasteiger partial charge on any atom is -0.491 e. The van der Waals surface area contributed by atoms with Crippen molar-refractivity contribution in [3.63, 3.8) is 0 Å². The first-order valence-electron chi connectivity index (χ1n) is 13.4. The van der Waals surface area contributed by atoms with E-state index in [9.17, 15) is 10.2 Å². The Bertz CT molecular complexity index is 1010. The van der Waals surface area contributed by atoms with Gasteiger partial charge in [0.2, 0.25) is 0 Å². The Morgan fingerprint density at radius 3 is 1.81 bits per heavy atom. The van der Waals surface area contributed by atoms with Crippen molar-refractivity contribution in [2.75, 3.05) is 6.61 Å².